The van der Waals surface area contributed by atoms with Crippen molar-refractivity contribution in [3.05, 3.63) is 449 Å². The van der Waals surface area contributed by atoms with Gasteiger partial charge in [0.15, 0.2) is 0 Å². The van der Waals surface area contributed by atoms with Crippen LogP contribution in [0.3, 0.4) is 0 Å². The zero-order valence-electron chi connectivity index (χ0n) is 88.8. The van der Waals surface area contributed by atoms with Gasteiger partial charge in [0.25, 0.3) is 20.1 Å². The fraction of sp³-hybridized carbons (Fsp3) is 0.206. The highest BCUT2D eigenvalue weighted by molar-refractivity contribution is 6.99. The molecule has 0 saturated carbocycles. The molecule has 0 bridgehead atoms. The van der Waals surface area contributed by atoms with Gasteiger partial charge in [0, 0.05) is 63.9 Å². The Bertz CT molecular complexity index is 8050. The molecule has 9 heterocycles. The van der Waals surface area contributed by atoms with Crippen LogP contribution in [0.2, 0.25) is 0 Å². The summed E-state index contributed by atoms with van der Waals surface area (Å²) in [6, 6.07) is 139. The predicted octanol–water partition coefficient (Wildman–Crippen LogP) is 30.6. The van der Waals surface area contributed by atoms with Crippen LogP contribution in [0.4, 0.5) is 68.2 Å². The van der Waals surface area contributed by atoms with E-state index in [9.17, 15) is 0 Å². The number of hydrogen-bond acceptors (Lipinski definition) is 10. The van der Waals surface area contributed by atoms with Gasteiger partial charge in [0.1, 0.15) is 69.0 Å². The maximum absolute atomic E-state index is 6.98. The highest BCUT2D eigenvalue weighted by Crippen LogP contribution is 2.62. The van der Waals surface area contributed by atoms with Crippen LogP contribution >= 0.6 is 0 Å². The van der Waals surface area contributed by atoms with Crippen LogP contribution in [0.25, 0.3) is 0 Å². The van der Waals surface area contributed by atoms with Gasteiger partial charge in [0.2, 0.25) is 0 Å². The summed E-state index contributed by atoms with van der Waals surface area (Å²) in [5.41, 5.74) is 38.2. The van der Waals surface area contributed by atoms with Gasteiger partial charge in [-0.2, -0.15) is 0 Å². The van der Waals surface area contributed by atoms with Crippen LogP contribution in [0, 0.1) is 0 Å². The first-order valence-corrected chi connectivity index (χ1v) is 52.8. The molecule has 0 atom stereocenters. The van der Waals surface area contributed by atoms with Gasteiger partial charge in [-0.05, 0) is 229 Å². The summed E-state index contributed by atoms with van der Waals surface area (Å²) < 4.78 is 41.4. The Morgan fingerprint density at radius 2 is 0.369 bits per heavy atom. The molecule has 149 heavy (non-hydrogen) atoms. The molecule has 0 fully saturated rings. The van der Waals surface area contributed by atoms with Gasteiger partial charge in [-0.15, -0.1) is 0 Å². The van der Waals surface area contributed by atoms with E-state index in [4.69, 9.17) is 28.4 Å². The Balaban J connectivity index is 0.000000116. The summed E-state index contributed by atoms with van der Waals surface area (Å²) in [4.78, 5) is 9.48. The van der Waals surface area contributed by atoms with Gasteiger partial charge in [-0.3, -0.25) is 0 Å². The molecule has 27 rings (SSSR count). The molecule has 0 aliphatic carbocycles. The summed E-state index contributed by atoms with van der Waals surface area (Å²) in [5, 5.41) is 0. The number of anilines is 12. The van der Waals surface area contributed by atoms with Crippen molar-refractivity contribution in [2.75, 3.05) is 19.6 Å². The van der Waals surface area contributed by atoms with Crippen molar-refractivity contribution in [1.29, 1.82) is 0 Å². The zero-order valence-corrected chi connectivity index (χ0v) is 88.8. The maximum Gasteiger partial charge on any atom is 0.260 e. The van der Waals surface area contributed by atoms with Crippen molar-refractivity contribution in [3.8, 4) is 69.0 Å². The minimum atomic E-state index is -0.541. The Kier molecular flexibility index (Phi) is 21.7. The molecule has 0 saturated heterocycles. The van der Waals surface area contributed by atoms with E-state index < -0.39 is 5.41 Å². The topological polar surface area (TPSA) is 68.3 Å². The van der Waals surface area contributed by atoms with Crippen LogP contribution < -0.4 is 97.2 Å². The number of fused-ring (bicyclic) bond motifs is 18. The Hall–Kier alpha value is -15.8. The Morgan fingerprint density at radius 1 is 0.181 bits per heavy atom. The first kappa shape index (κ1) is 94.2. The van der Waals surface area contributed by atoms with Gasteiger partial charge >= 0.3 is 0 Å². The summed E-state index contributed by atoms with van der Waals surface area (Å²) >= 11 is 0. The molecule has 732 valence electrons. The van der Waals surface area contributed by atoms with E-state index in [-0.39, 0.29) is 58.0 Å². The van der Waals surface area contributed by atoms with Crippen molar-refractivity contribution in [1.82, 2.24) is 0 Å². The smallest absolute Gasteiger partial charge is 0.260 e. The summed E-state index contributed by atoms with van der Waals surface area (Å²) in [6.07, 6.45) is 0. The molecule has 9 aliphatic rings. The third kappa shape index (κ3) is 15.5. The molecule has 0 N–H and O–H groups in total. The molecule has 10 nitrogen and oxygen atoms in total. The second kappa shape index (κ2) is 34.4. The number of para-hydroxylation sites is 9. The number of benzene rings is 18. The lowest BCUT2D eigenvalue weighted by molar-refractivity contribution is 0.463. The molecule has 0 spiro atoms. The summed E-state index contributed by atoms with van der Waals surface area (Å²) in [5.74, 6) is 10.5. The van der Waals surface area contributed by atoms with E-state index in [0.29, 0.717) is 0 Å². The van der Waals surface area contributed by atoms with Crippen molar-refractivity contribution >= 4 is 138 Å². The normalized spacial score (nSPS) is 14.8. The highest BCUT2D eigenvalue weighted by atomic mass is 16.5. The summed E-state index contributed by atoms with van der Waals surface area (Å²) in [7, 11) is 0. The average molecular weight is 1940 g/mol. The SMILES string of the molecule is CC(C)(C)c1ccc2c(c1)B1c3cc(C(C)(C)C)ccc3Oc3cc(N4c5ccccc5C(C)(C)c5ccccc54)cc(c31)O2.CC(C)(C)c1ccc2c(c1)B1c3cc(C(C)(C)C)ccc3Oc3cc(N4c5ccccc5C(c5ccccc5)(c5ccccc5)c5ccccc54)cc(c31)O2.CC(C)(C)c1ccc2c(c1)B1c3cc(C(C)(C)C)ccc3Oc3cc(N4c5ccccc5N(c5ccccc5)c5ccccc54)cc(c31)O2. The van der Waals surface area contributed by atoms with Crippen molar-refractivity contribution in [3.63, 3.8) is 0 Å². The molecule has 9 aliphatic heterocycles. The Morgan fingerprint density at radius 3 is 0.604 bits per heavy atom. The zero-order chi connectivity index (χ0) is 103. The lowest BCUT2D eigenvalue weighted by Gasteiger charge is -2.46. The third-order valence-electron chi connectivity index (χ3n) is 32.2. The quantitative estimate of drug-likeness (QED) is 0.150. The van der Waals surface area contributed by atoms with Gasteiger partial charge in [-0.25, -0.2) is 0 Å². The van der Waals surface area contributed by atoms with Crippen molar-refractivity contribution in [2.24, 2.45) is 0 Å². The molecule has 0 unspecified atom stereocenters. The molecular formula is C136H123B3N4O6. The third-order valence-corrected chi connectivity index (χ3v) is 32.2. The van der Waals surface area contributed by atoms with E-state index >= 15 is 0 Å². The van der Waals surface area contributed by atoms with E-state index in [0.717, 1.165) is 142 Å². The van der Waals surface area contributed by atoms with Crippen LogP contribution in [0.5, 0.6) is 69.0 Å². The molecule has 13 heteroatoms. The minimum absolute atomic E-state index is 0.00588. The fourth-order valence-electron chi connectivity index (χ4n) is 24.4. The highest BCUT2D eigenvalue weighted by Gasteiger charge is 2.51. The van der Waals surface area contributed by atoms with Crippen LogP contribution in [-0.4, -0.2) is 20.1 Å². The minimum Gasteiger partial charge on any atom is -0.458 e. The lowest BCUT2D eigenvalue weighted by atomic mass is 9.34. The first-order chi connectivity index (χ1) is 71.4. The number of nitrogens with zero attached hydrogens (tertiary/aromatic N) is 4. The molecule has 0 amide bonds. The number of hydrogen-bond donors (Lipinski definition) is 0. The molecule has 18 aromatic rings. The fourth-order valence-corrected chi connectivity index (χ4v) is 24.4. The van der Waals surface area contributed by atoms with E-state index in [1.54, 1.807) is 0 Å². The van der Waals surface area contributed by atoms with E-state index in [1.807, 2.05) is 0 Å². The molecule has 0 aromatic heterocycles. The number of rotatable bonds is 6. The molecule has 18 aromatic carbocycles. The average Bonchev–Trinajstić information content (AvgIpc) is 0.694. The van der Waals surface area contributed by atoms with Gasteiger partial charge in [-0.1, -0.05) is 387 Å². The second-order valence-corrected chi connectivity index (χ2v) is 48.3. The van der Waals surface area contributed by atoms with Gasteiger partial charge in [0.05, 0.1) is 68.0 Å². The monoisotopic (exact) mass is 1940 g/mol. The molecule has 0 radical (unpaired) electrons. The largest absolute Gasteiger partial charge is 0.458 e. The van der Waals surface area contributed by atoms with Crippen molar-refractivity contribution in [2.45, 2.75) is 182 Å². The van der Waals surface area contributed by atoms with Crippen molar-refractivity contribution < 1.29 is 28.4 Å². The standard InChI is InChI=1S/C51H44BNO2.C44H39BN2O2.C41H40BNO2/c1-49(2,3)35-25-27-44-40(29-35)52-41-30-36(50(4,5)6)26-28-45(41)55-47-32-37(31-46(54-44)48(47)52)53-42-23-15-13-21-38(42)51(33-17-9-7-10-18-33,34-19-11-8-12-20-34)39-22-14-16-24-43(39)53;1-43(2,3)28-20-22-38-32(24-28)45-33-25-29(44(4,5)6)21-23-39(33)49-41-27-31(26-40(48-38)42(41)45)47-36-18-12-10-16-34(36)46(30-14-8-7-9-15-30)35-17-11-13-19-37(35)47;1-39(2,3)25-17-19-34-30(21-25)42-31-22-26(40(4,5)6)18-20-35(31)45-37-24-27(23-36(44-34)38(37)42)43-32-15-11-9-13-28(32)41(7,8)29-14-10-12-16-33(29)43/h7-32H,1-6H3;7-27H,1-6H3;9-24H,1-8H3. The predicted molar refractivity (Wildman–Crippen MR) is 621 cm³/mol. The first-order valence-electron chi connectivity index (χ1n) is 52.8. The lowest BCUT2D eigenvalue weighted by Crippen LogP contribution is -2.57. The molecular weight excluding hydrogens is 1820 g/mol. The second-order valence-electron chi connectivity index (χ2n) is 48.3. The van der Waals surface area contributed by atoms with Crippen LogP contribution in [0.1, 0.15) is 205 Å². The van der Waals surface area contributed by atoms with Crippen LogP contribution in [0.15, 0.2) is 382 Å². The Labute approximate surface area is 879 Å². The number of ether oxygens (including phenoxy) is 6. The van der Waals surface area contributed by atoms with E-state index in [2.05, 4.69) is 540 Å². The maximum atomic E-state index is 6.98. The van der Waals surface area contributed by atoms with Crippen LogP contribution in [-0.2, 0) is 43.3 Å². The van der Waals surface area contributed by atoms with E-state index in [1.165, 1.54) is 111 Å². The van der Waals surface area contributed by atoms with Gasteiger partial charge < -0.3 is 48.0 Å². The summed E-state index contributed by atoms with van der Waals surface area (Å²) in [6.45, 7) is 45.5.